The summed E-state index contributed by atoms with van der Waals surface area (Å²) in [5, 5.41) is 15.6. The molecule has 0 saturated heterocycles. The second kappa shape index (κ2) is 5.13. The molecule has 0 saturated carbocycles. The highest BCUT2D eigenvalue weighted by atomic mass is 14.9. The maximum absolute atomic E-state index is 8.87. The van der Waals surface area contributed by atoms with Gasteiger partial charge in [-0.2, -0.15) is 5.26 Å². The second-order valence-corrected chi connectivity index (χ2v) is 4.75. The van der Waals surface area contributed by atoms with E-state index < -0.39 is 0 Å². The van der Waals surface area contributed by atoms with E-state index in [4.69, 9.17) is 5.26 Å². The number of rotatable bonds is 3. The van der Waals surface area contributed by atoms with Crippen LogP contribution in [-0.2, 0) is 19.6 Å². The first-order chi connectivity index (χ1) is 9.35. The van der Waals surface area contributed by atoms with Crippen molar-refractivity contribution in [1.82, 2.24) is 5.32 Å². The highest BCUT2D eigenvalue weighted by Crippen LogP contribution is 2.18. The third kappa shape index (κ3) is 2.59. The van der Waals surface area contributed by atoms with Gasteiger partial charge in [-0.15, -0.1) is 0 Å². The molecule has 1 aliphatic heterocycles. The van der Waals surface area contributed by atoms with Gasteiger partial charge >= 0.3 is 0 Å². The van der Waals surface area contributed by atoms with E-state index in [0.717, 1.165) is 25.3 Å². The minimum absolute atomic E-state index is 0.683. The number of benzene rings is 2. The van der Waals surface area contributed by atoms with Crippen LogP contribution in [0.3, 0.4) is 0 Å². The molecular weight excluding hydrogens is 234 g/mol. The van der Waals surface area contributed by atoms with Crippen LogP contribution in [0.4, 0.5) is 5.69 Å². The largest absolute Gasteiger partial charge is 0.381 e. The lowest BCUT2D eigenvalue weighted by Gasteiger charge is -2.08. The summed E-state index contributed by atoms with van der Waals surface area (Å²) >= 11 is 0. The SMILES string of the molecule is N#Cc1cccc(NCc2ccc3c(c2)CNC3)c1. The predicted octanol–water partition coefficient (Wildman–Crippen LogP) is 2.77. The normalized spacial score (nSPS) is 12.8. The predicted molar refractivity (Wildman–Crippen MR) is 75.5 cm³/mol. The summed E-state index contributed by atoms with van der Waals surface area (Å²) in [4.78, 5) is 0. The molecule has 1 heterocycles. The number of fused-ring (bicyclic) bond motifs is 1. The van der Waals surface area contributed by atoms with Gasteiger partial charge in [0, 0.05) is 25.3 Å². The molecule has 94 valence electrons. The lowest BCUT2D eigenvalue weighted by Crippen LogP contribution is -2.01. The average molecular weight is 249 g/mol. The second-order valence-electron chi connectivity index (χ2n) is 4.75. The monoisotopic (exact) mass is 249 g/mol. The van der Waals surface area contributed by atoms with Crippen LogP contribution in [0.1, 0.15) is 22.3 Å². The van der Waals surface area contributed by atoms with E-state index in [9.17, 15) is 0 Å². The first-order valence-corrected chi connectivity index (χ1v) is 6.40. The summed E-state index contributed by atoms with van der Waals surface area (Å²) in [5.74, 6) is 0. The minimum Gasteiger partial charge on any atom is -0.381 e. The van der Waals surface area contributed by atoms with E-state index in [2.05, 4.69) is 34.9 Å². The van der Waals surface area contributed by atoms with Crippen LogP contribution in [0.2, 0.25) is 0 Å². The Labute approximate surface area is 112 Å². The fraction of sp³-hybridized carbons (Fsp3) is 0.188. The van der Waals surface area contributed by atoms with Crippen LogP contribution in [0.25, 0.3) is 0 Å². The highest BCUT2D eigenvalue weighted by Gasteiger charge is 2.09. The zero-order chi connectivity index (χ0) is 13.1. The van der Waals surface area contributed by atoms with Crippen molar-refractivity contribution in [3.63, 3.8) is 0 Å². The Bertz CT molecular complexity index is 641. The number of anilines is 1. The molecule has 3 rings (SSSR count). The van der Waals surface area contributed by atoms with Gasteiger partial charge in [0.05, 0.1) is 11.6 Å². The fourth-order valence-electron chi connectivity index (χ4n) is 2.36. The number of hydrogen-bond donors (Lipinski definition) is 2. The summed E-state index contributed by atoms with van der Waals surface area (Å²) < 4.78 is 0. The van der Waals surface area contributed by atoms with Gasteiger partial charge in [-0.3, -0.25) is 0 Å². The van der Waals surface area contributed by atoms with Crippen LogP contribution in [0.15, 0.2) is 42.5 Å². The molecule has 1 aliphatic rings. The maximum atomic E-state index is 8.87. The van der Waals surface area contributed by atoms with Crippen molar-refractivity contribution >= 4 is 5.69 Å². The zero-order valence-corrected chi connectivity index (χ0v) is 10.6. The molecule has 2 N–H and O–H groups in total. The molecule has 0 fully saturated rings. The standard InChI is InChI=1S/C16H15N3/c17-8-12-2-1-3-16(7-12)19-9-13-4-5-14-10-18-11-15(14)6-13/h1-7,18-19H,9-11H2. The molecule has 0 unspecified atom stereocenters. The molecule has 3 heteroatoms. The minimum atomic E-state index is 0.683. The Balaban J connectivity index is 1.70. The topological polar surface area (TPSA) is 47.9 Å². The number of nitrogens with one attached hydrogen (secondary N) is 2. The molecule has 0 amide bonds. The Morgan fingerprint density at radius 3 is 2.89 bits per heavy atom. The van der Waals surface area contributed by atoms with Gasteiger partial charge in [-0.25, -0.2) is 0 Å². The van der Waals surface area contributed by atoms with E-state index in [0.29, 0.717) is 5.56 Å². The molecule has 0 aliphatic carbocycles. The van der Waals surface area contributed by atoms with Gasteiger partial charge in [-0.1, -0.05) is 24.3 Å². The Hall–Kier alpha value is -2.31. The lowest BCUT2D eigenvalue weighted by molar-refractivity contribution is 0.764. The van der Waals surface area contributed by atoms with Gasteiger partial charge in [0.2, 0.25) is 0 Å². The van der Waals surface area contributed by atoms with Crippen molar-refractivity contribution in [3.05, 3.63) is 64.7 Å². The molecule has 0 radical (unpaired) electrons. The van der Waals surface area contributed by atoms with Crippen molar-refractivity contribution in [2.45, 2.75) is 19.6 Å². The molecule has 2 aromatic carbocycles. The summed E-state index contributed by atoms with van der Waals surface area (Å²) in [7, 11) is 0. The van der Waals surface area contributed by atoms with E-state index in [1.165, 1.54) is 16.7 Å². The third-order valence-electron chi connectivity index (χ3n) is 3.39. The molecule has 0 aromatic heterocycles. The van der Waals surface area contributed by atoms with Gasteiger partial charge < -0.3 is 10.6 Å². The van der Waals surface area contributed by atoms with E-state index in [1.807, 2.05) is 24.3 Å². The first-order valence-electron chi connectivity index (χ1n) is 6.40. The highest BCUT2D eigenvalue weighted by molar-refractivity contribution is 5.49. The summed E-state index contributed by atoms with van der Waals surface area (Å²) in [6.45, 7) is 2.72. The van der Waals surface area contributed by atoms with Gasteiger partial charge in [0.15, 0.2) is 0 Å². The molecule has 0 bridgehead atoms. The summed E-state index contributed by atoms with van der Waals surface area (Å²) in [5.41, 5.74) is 5.73. The zero-order valence-electron chi connectivity index (χ0n) is 10.6. The van der Waals surface area contributed by atoms with E-state index >= 15 is 0 Å². The summed E-state index contributed by atoms with van der Waals surface area (Å²) in [6, 6.07) is 16.3. The van der Waals surface area contributed by atoms with Gasteiger partial charge in [0.1, 0.15) is 0 Å². The lowest BCUT2D eigenvalue weighted by atomic mass is 10.1. The van der Waals surface area contributed by atoms with Crippen molar-refractivity contribution in [1.29, 1.82) is 5.26 Å². The van der Waals surface area contributed by atoms with Crippen molar-refractivity contribution < 1.29 is 0 Å². The Morgan fingerprint density at radius 2 is 2.00 bits per heavy atom. The Kier molecular flexibility index (Phi) is 3.18. The summed E-state index contributed by atoms with van der Waals surface area (Å²) in [6.07, 6.45) is 0. The van der Waals surface area contributed by atoms with Gasteiger partial charge in [0.25, 0.3) is 0 Å². The molecule has 19 heavy (non-hydrogen) atoms. The van der Waals surface area contributed by atoms with Crippen LogP contribution < -0.4 is 10.6 Å². The van der Waals surface area contributed by atoms with Crippen LogP contribution in [0, 0.1) is 11.3 Å². The van der Waals surface area contributed by atoms with Crippen molar-refractivity contribution in [3.8, 4) is 6.07 Å². The van der Waals surface area contributed by atoms with E-state index in [-0.39, 0.29) is 0 Å². The fourth-order valence-corrected chi connectivity index (χ4v) is 2.36. The van der Waals surface area contributed by atoms with Crippen LogP contribution in [-0.4, -0.2) is 0 Å². The molecule has 2 aromatic rings. The maximum Gasteiger partial charge on any atom is 0.0992 e. The quantitative estimate of drug-likeness (QED) is 0.879. The van der Waals surface area contributed by atoms with Crippen molar-refractivity contribution in [2.75, 3.05) is 5.32 Å². The average Bonchev–Trinajstić information content (AvgIpc) is 2.93. The number of nitriles is 1. The van der Waals surface area contributed by atoms with Crippen molar-refractivity contribution in [2.24, 2.45) is 0 Å². The molecular formula is C16H15N3. The first kappa shape index (κ1) is 11.8. The van der Waals surface area contributed by atoms with Crippen LogP contribution >= 0.6 is 0 Å². The molecule has 3 nitrogen and oxygen atoms in total. The Morgan fingerprint density at radius 1 is 1.11 bits per heavy atom. The number of nitrogens with zero attached hydrogens (tertiary/aromatic N) is 1. The molecule has 0 spiro atoms. The third-order valence-corrected chi connectivity index (χ3v) is 3.39. The smallest absolute Gasteiger partial charge is 0.0992 e. The van der Waals surface area contributed by atoms with Crippen LogP contribution in [0.5, 0.6) is 0 Å². The molecule has 0 atom stereocenters. The van der Waals surface area contributed by atoms with Gasteiger partial charge in [-0.05, 0) is 34.9 Å². The number of hydrogen-bond acceptors (Lipinski definition) is 3. The van der Waals surface area contributed by atoms with E-state index in [1.54, 1.807) is 0 Å².